The Morgan fingerprint density at radius 1 is 0.367 bits per heavy atom. The number of hydrogen-bond acceptors (Lipinski definition) is 2. The fraction of sp³-hybridized carbons (Fsp3) is 0.911. The van der Waals surface area contributed by atoms with Crippen molar-refractivity contribution in [1.82, 2.24) is 0 Å². The zero-order chi connectivity index (χ0) is 35.9. The Balaban J connectivity index is 4.78. The van der Waals surface area contributed by atoms with E-state index in [1.54, 1.807) is 0 Å². The van der Waals surface area contributed by atoms with Crippen LogP contribution in [0.1, 0.15) is 251 Å². The first kappa shape index (κ1) is 47.7. The highest BCUT2D eigenvalue weighted by Gasteiger charge is 2.20. The lowest BCUT2D eigenvalue weighted by Gasteiger charge is -2.28. The molecular formula is C45H86O4. The third kappa shape index (κ3) is 37.8. The zero-order valence-corrected chi connectivity index (χ0v) is 33.2. The SMILES string of the molecule is CCCCCC/C=C/CCCCCCCCC(CCCCCCCC(=O)O)C(CCCCCCCCCC)CCCCCCCCC(=O)O. The van der Waals surface area contributed by atoms with Crippen molar-refractivity contribution in [2.75, 3.05) is 0 Å². The lowest BCUT2D eigenvalue weighted by Crippen LogP contribution is -2.16. The summed E-state index contributed by atoms with van der Waals surface area (Å²) in [6.07, 6.45) is 51.0. The topological polar surface area (TPSA) is 74.6 Å². The summed E-state index contributed by atoms with van der Waals surface area (Å²) in [5.41, 5.74) is 0. The Labute approximate surface area is 306 Å². The van der Waals surface area contributed by atoms with E-state index in [2.05, 4.69) is 26.0 Å². The van der Waals surface area contributed by atoms with E-state index in [4.69, 9.17) is 10.2 Å². The molecule has 0 aliphatic heterocycles. The van der Waals surface area contributed by atoms with Gasteiger partial charge in [0, 0.05) is 12.8 Å². The maximum Gasteiger partial charge on any atom is 0.303 e. The van der Waals surface area contributed by atoms with E-state index < -0.39 is 11.9 Å². The lowest BCUT2D eigenvalue weighted by molar-refractivity contribution is -0.138. The van der Waals surface area contributed by atoms with Gasteiger partial charge >= 0.3 is 11.9 Å². The molecule has 2 atom stereocenters. The number of rotatable bonds is 41. The van der Waals surface area contributed by atoms with E-state index in [0.717, 1.165) is 37.5 Å². The van der Waals surface area contributed by atoms with Crippen LogP contribution in [0, 0.1) is 11.8 Å². The number of carbonyl (C=O) groups is 2. The summed E-state index contributed by atoms with van der Waals surface area (Å²) in [4.78, 5) is 21.7. The van der Waals surface area contributed by atoms with Crippen LogP contribution in [-0.2, 0) is 9.59 Å². The van der Waals surface area contributed by atoms with Gasteiger partial charge in [0.05, 0.1) is 0 Å². The monoisotopic (exact) mass is 691 g/mol. The predicted molar refractivity (Wildman–Crippen MR) is 214 cm³/mol. The van der Waals surface area contributed by atoms with Crippen LogP contribution in [0.15, 0.2) is 12.2 Å². The summed E-state index contributed by atoms with van der Waals surface area (Å²) in [5, 5.41) is 17.9. The highest BCUT2D eigenvalue weighted by Crippen LogP contribution is 2.34. The number of allylic oxidation sites excluding steroid dienone is 2. The van der Waals surface area contributed by atoms with Gasteiger partial charge in [0.25, 0.3) is 0 Å². The second kappa shape index (κ2) is 39.5. The van der Waals surface area contributed by atoms with Crippen LogP contribution in [0.3, 0.4) is 0 Å². The normalized spacial score (nSPS) is 12.9. The van der Waals surface area contributed by atoms with E-state index in [9.17, 15) is 9.59 Å². The maximum atomic E-state index is 10.9. The van der Waals surface area contributed by atoms with E-state index in [1.807, 2.05) is 0 Å². The molecule has 0 rings (SSSR count). The second-order valence-corrected chi connectivity index (χ2v) is 15.6. The van der Waals surface area contributed by atoms with Crippen LogP contribution in [0.2, 0.25) is 0 Å². The molecule has 2 unspecified atom stereocenters. The van der Waals surface area contributed by atoms with Crippen LogP contribution in [-0.4, -0.2) is 22.2 Å². The van der Waals surface area contributed by atoms with Crippen LogP contribution < -0.4 is 0 Å². The number of unbranched alkanes of at least 4 members (excludes halogenated alkanes) is 26. The first-order chi connectivity index (χ1) is 24.0. The van der Waals surface area contributed by atoms with Gasteiger partial charge in [-0.25, -0.2) is 0 Å². The largest absolute Gasteiger partial charge is 0.481 e. The molecule has 0 aliphatic carbocycles. The van der Waals surface area contributed by atoms with Gasteiger partial charge < -0.3 is 10.2 Å². The molecular weight excluding hydrogens is 604 g/mol. The zero-order valence-electron chi connectivity index (χ0n) is 33.2. The van der Waals surface area contributed by atoms with E-state index >= 15 is 0 Å². The van der Waals surface area contributed by atoms with Gasteiger partial charge in [0.1, 0.15) is 0 Å². The Hall–Kier alpha value is -1.32. The van der Waals surface area contributed by atoms with Gasteiger partial charge in [-0.2, -0.15) is 0 Å². The third-order valence-electron chi connectivity index (χ3n) is 10.9. The molecule has 0 aliphatic rings. The summed E-state index contributed by atoms with van der Waals surface area (Å²) >= 11 is 0. The molecule has 0 radical (unpaired) electrons. The molecule has 0 amide bonds. The van der Waals surface area contributed by atoms with Gasteiger partial charge in [0.2, 0.25) is 0 Å². The van der Waals surface area contributed by atoms with Crippen molar-refractivity contribution < 1.29 is 19.8 Å². The molecule has 0 fully saturated rings. The summed E-state index contributed by atoms with van der Waals surface area (Å²) < 4.78 is 0. The molecule has 2 N–H and O–H groups in total. The standard InChI is InChI=1S/C45H86O4/c1-3-5-7-9-11-13-14-15-16-17-18-20-25-31-37-43(39-33-27-23-29-35-41-45(48)49)42(36-30-24-19-12-10-8-6-4-2)38-32-26-21-22-28-34-40-44(46)47/h13-14,42-43H,3-12,15-41H2,1-2H3,(H,46,47)(H,48,49)/b14-13+. The minimum atomic E-state index is -0.661. The first-order valence-corrected chi connectivity index (χ1v) is 22.1. The van der Waals surface area contributed by atoms with Crippen molar-refractivity contribution in [3.05, 3.63) is 12.2 Å². The third-order valence-corrected chi connectivity index (χ3v) is 10.9. The molecule has 0 aromatic rings. The minimum absolute atomic E-state index is 0.318. The van der Waals surface area contributed by atoms with Gasteiger partial charge in [-0.05, 0) is 50.4 Å². The fourth-order valence-electron chi connectivity index (χ4n) is 7.68. The first-order valence-electron chi connectivity index (χ1n) is 22.1. The predicted octanol–water partition coefficient (Wildman–Crippen LogP) is 15.4. The van der Waals surface area contributed by atoms with Crippen LogP contribution in [0.5, 0.6) is 0 Å². The quantitative estimate of drug-likeness (QED) is 0.0494. The molecule has 4 nitrogen and oxygen atoms in total. The second-order valence-electron chi connectivity index (χ2n) is 15.6. The molecule has 0 saturated heterocycles. The number of aliphatic carboxylic acids is 2. The highest BCUT2D eigenvalue weighted by molar-refractivity contribution is 5.66. The smallest absolute Gasteiger partial charge is 0.303 e. The Morgan fingerprint density at radius 3 is 0.918 bits per heavy atom. The van der Waals surface area contributed by atoms with Gasteiger partial charge in [-0.1, -0.05) is 212 Å². The van der Waals surface area contributed by atoms with Crippen molar-refractivity contribution >= 4 is 11.9 Å². The Morgan fingerprint density at radius 2 is 0.612 bits per heavy atom. The van der Waals surface area contributed by atoms with Crippen LogP contribution in [0.25, 0.3) is 0 Å². The van der Waals surface area contributed by atoms with Gasteiger partial charge in [-0.3, -0.25) is 9.59 Å². The highest BCUT2D eigenvalue weighted by atomic mass is 16.4. The average Bonchev–Trinajstić information content (AvgIpc) is 3.08. The van der Waals surface area contributed by atoms with E-state index in [1.165, 1.54) is 199 Å². The van der Waals surface area contributed by atoms with Crippen molar-refractivity contribution in [3.63, 3.8) is 0 Å². The van der Waals surface area contributed by atoms with Crippen LogP contribution >= 0.6 is 0 Å². The van der Waals surface area contributed by atoms with Gasteiger partial charge in [-0.15, -0.1) is 0 Å². The average molecular weight is 691 g/mol. The summed E-state index contributed by atoms with van der Waals surface area (Å²) in [6.45, 7) is 4.58. The molecule has 49 heavy (non-hydrogen) atoms. The van der Waals surface area contributed by atoms with Crippen LogP contribution in [0.4, 0.5) is 0 Å². The summed E-state index contributed by atoms with van der Waals surface area (Å²) in [5.74, 6) is 0.384. The molecule has 0 heterocycles. The Bertz CT molecular complexity index is 717. The lowest BCUT2D eigenvalue weighted by atomic mass is 9.78. The van der Waals surface area contributed by atoms with E-state index in [0.29, 0.717) is 12.8 Å². The van der Waals surface area contributed by atoms with Crippen molar-refractivity contribution in [2.45, 2.75) is 251 Å². The Kier molecular flexibility index (Phi) is 38.4. The molecule has 290 valence electrons. The van der Waals surface area contributed by atoms with Gasteiger partial charge in [0.15, 0.2) is 0 Å². The van der Waals surface area contributed by atoms with Crippen molar-refractivity contribution in [1.29, 1.82) is 0 Å². The molecule has 0 aromatic heterocycles. The van der Waals surface area contributed by atoms with Crippen molar-refractivity contribution in [3.8, 4) is 0 Å². The number of carboxylic acids is 2. The molecule has 0 saturated carbocycles. The summed E-state index contributed by atoms with van der Waals surface area (Å²) in [6, 6.07) is 0. The molecule has 4 heteroatoms. The number of hydrogen-bond donors (Lipinski definition) is 2. The number of carboxylic acid groups (broad SMARTS) is 2. The maximum absolute atomic E-state index is 10.9. The van der Waals surface area contributed by atoms with E-state index in [-0.39, 0.29) is 0 Å². The summed E-state index contributed by atoms with van der Waals surface area (Å²) in [7, 11) is 0. The van der Waals surface area contributed by atoms with Crippen molar-refractivity contribution in [2.24, 2.45) is 11.8 Å². The molecule has 0 aromatic carbocycles. The molecule has 0 bridgehead atoms. The minimum Gasteiger partial charge on any atom is -0.481 e. The fourth-order valence-corrected chi connectivity index (χ4v) is 7.68. The molecule has 0 spiro atoms.